The van der Waals surface area contributed by atoms with Crippen LogP contribution in [0.4, 0.5) is 0 Å². The van der Waals surface area contributed by atoms with E-state index in [1.807, 2.05) is 19.0 Å². The molecule has 2 aromatic heterocycles. The molecule has 2 aromatic rings. The number of carbonyl (C=O) groups is 1. The number of carbonyl (C=O) groups excluding carboxylic acids is 1. The number of aromatic nitrogens is 4. The Morgan fingerprint density at radius 3 is 2.95 bits per heavy atom. The quantitative estimate of drug-likeness (QED) is 0.855. The maximum absolute atomic E-state index is 11.9. The second kappa shape index (κ2) is 4.86. The maximum atomic E-state index is 11.9. The van der Waals surface area contributed by atoms with Gasteiger partial charge in [-0.25, -0.2) is 0 Å². The molecule has 0 aromatic carbocycles. The van der Waals surface area contributed by atoms with Crippen LogP contribution in [0.15, 0.2) is 0 Å². The van der Waals surface area contributed by atoms with Crippen molar-refractivity contribution in [1.29, 1.82) is 0 Å². The van der Waals surface area contributed by atoms with E-state index in [1.54, 1.807) is 4.52 Å². The van der Waals surface area contributed by atoms with Crippen LogP contribution < -0.4 is 5.32 Å². The molecule has 1 aliphatic rings. The fourth-order valence-corrected chi connectivity index (χ4v) is 2.55. The van der Waals surface area contributed by atoms with Gasteiger partial charge in [0, 0.05) is 19.0 Å². The molecular weight excluding hydrogens is 264 g/mol. The second-order valence-corrected chi connectivity index (χ2v) is 5.95. The lowest BCUT2D eigenvalue weighted by Gasteiger charge is -2.08. The van der Waals surface area contributed by atoms with Gasteiger partial charge in [-0.05, 0) is 26.9 Å². The van der Waals surface area contributed by atoms with Crippen molar-refractivity contribution in [3.05, 3.63) is 10.8 Å². The number of nitrogens with one attached hydrogen (secondary N) is 1. The molecule has 1 fully saturated rings. The molecule has 0 bridgehead atoms. The molecule has 1 aliphatic carbocycles. The summed E-state index contributed by atoms with van der Waals surface area (Å²) >= 11 is 1.28. The number of hydrogen-bond acceptors (Lipinski definition) is 6. The highest BCUT2D eigenvalue weighted by Crippen LogP contribution is 2.39. The van der Waals surface area contributed by atoms with Crippen molar-refractivity contribution < 1.29 is 4.79 Å². The van der Waals surface area contributed by atoms with Crippen molar-refractivity contribution in [3.8, 4) is 0 Å². The van der Waals surface area contributed by atoms with Crippen molar-refractivity contribution in [2.45, 2.75) is 18.8 Å². The van der Waals surface area contributed by atoms with E-state index in [2.05, 4.69) is 20.6 Å². The van der Waals surface area contributed by atoms with E-state index < -0.39 is 0 Å². The summed E-state index contributed by atoms with van der Waals surface area (Å²) in [5.74, 6) is 1.22. The Morgan fingerprint density at radius 2 is 2.26 bits per heavy atom. The number of rotatable bonds is 5. The van der Waals surface area contributed by atoms with Crippen LogP contribution in [0.25, 0.3) is 4.96 Å². The fraction of sp³-hybridized carbons (Fsp3) is 0.636. The minimum Gasteiger partial charge on any atom is -0.349 e. The van der Waals surface area contributed by atoms with Gasteiger partial charge in [0.15, 0.2) is 5.82 Å². The van der Waals surface area contributed by atoms with Crippen LogP contribution in [0.1, 0.15) is 34.4 Å². The Morgan fingerprint density at radius 1 is 1.47 bits per heavy atom. The number of nitrogens with zero attached hydrogens (tertiary/aromatic N) is 5. The molecule has 102 valence electrons. The van der Waals surface area contributed by atoms with Gasteiger partial charge in [-0.1, -0.05) is 11.3 Å². The highest BCUT2D eigenvalue weighted by molar-refractivity contribution is 7.18. The summed E-state index contributed by atoms with van der Waals surface area (Å²) in [6.07, 6.45) is 2.28. The standard InChI is InChI=1S/C11H16N6OS/c1-16(2)6-5-12-9(18)10-15-17-8(7-3-4-7)13-14-11(17)19-10/h7H,3-6H2,1-2H3,(H,12,18). The highest BCUT2D eigenvalue weighted by atomic mass is 32.1. The van der Waals surface area contributed by atoms with Gasteiger partial charge < -0.3 is 10.2 Å². The third-order valence-corrected chi connectivity index (χ3v) is 3.89. The molecule has 1 saturated carbocycles. The third kappa shape index (κ3) is 2.59. The average molecular weight is 280 g/mol. The Kier molecular flexibility index (Phi) is 3.19. The highest BCUT2D eigenvalue weighted by Gasteiger charge is 2.30. The molecule has 0 spiro atoms. The molecule has 19 heavy (non-hydrogen) atoms. The van der Waals surface area contributed by atoms with Gasteiger partial charge >= 0.3 is 0 Å². The first-order valence-corrected chi connectivity index (χ1v) is 7.12. The number of hydrogen-bond donors (Lipinski definition) is 1. The predicted octanol–water partition coefficient (Wildman–Crippen LogP) is 0.355. The Balaban J connectivity index is 1.72. The molecular formula is C11H16N6OS. The molecule has 0 aliphatic heterocycles. The van der Waals surface area contributed by atoms with Gasteiger partial charge in [0.1, 0.15) is 0 Å². The van der Waals surface area contributed by atoms with Gasteiger partial charge in [0.25, 0.3) is 5.91 Å². The molecule has 0 radical (unpaired) electrons. The topological polar surface area (TPSA) is 75.4 Å². The SMILES string of the molecule is CN(C)CCNC(=O)c1nn2c(C3CC3)nnc2s1. The van der Waals surface area contributed by atoms with Crippen LogP contribution in [0.2, 0.25) is 0 Å². The molecule has 1 amide bonds. The molecule has 7 nitrogen and oxygen atoms in total. The number of fused-ring (bicyclic) bond motifs is 1. The second-order valence-electron chi connectivity index (χ2n) is 4.99. The normalized spacial score (nSPS) is 15.3. The van der Waals surface area contributed by atoms with Gasteiger partial charge in [-0.3, -0.25) is 4.79 Å². The van der Waals surface area contributed by atoms with Crippen LogP contribution in [0.5, 0.6) is 0 Å². The van der Waals surface area contributed by atoms with Crippen molar-refractivity contribution >= 4 is 22.2 Å². The van der Waals surface area contributed by atoms with E-state index in [4.69, 9.17) is 0 Å². The van der Waals surface area contributed by atoms with Crippen LogP contribution >= 0.6 is 11.3 Å². The van der Waals surface area contributed by atoms with Gasteiger partial charge in [0.2, 0.25) is 9.97 Å². The monoisotopic (exact) mass is 280 g/mol. The molecule has 3 rings (SSSR count). The summed E-state index contributed by atoms with van der Waals surface area (Å²) < 4.78 is 1.71. The van der Waals surface area contributed by atoms with E-state index in [9.17, 15) is 4.79 Å². The lowest BCUT2D eigenvalue weighted by Crippen LogP contribution is -2.31. The summed E-state index contributed by atoms with van der Waals surface area (Å²) in [7, 11) is 3.94. The average Bonchev–Trinajstić information content (AvgIpc) is 2.98. The first kappa shape index (κ1) is 12.5. The molecule has 2 heterocycles. The Labute approximate surface area is 114 Å². The van der Waals surface area contributed by atoms with Crippen LogP contribution in [0.3, 0.4) is 0 Å². The van der Waals surface area contributed by atoms with Crippen LogP contribution in [0, 0.1) is 0 Å². The van der Waals surface area contributed by atoms with E-state index in [-0.39, 0.29) is 5.91 Å². The predicted molar refractivity (Wildman–Crippen MR) is 71.5 cm³/mol. The molecule has 1 N–H and O–H groups in total. The zero-order chi connectivity index (χ0) is 13.4. The third-order valence-electron chi connectivity index (χ3n) is 3.00. The summed E-state index contributed by atoms with van der Waals surface area (Å²) in [4.78, 5) is 14.7. The number of amides is 1. The van der Waals surface area contributed by atoms with E-state index in [1.165, 1.54) is 11.3 Å². The number of likely N-dealkylation sites (N-methyl/N-ethyl adjacent to an activating group) is 1. The smallest absolute Gasteiger partial charge is 0.282 e. The largest absolute Gasteiger partial charge is 0.349 e. The zero-order valence-corrected chi connectivity index (χ0v) is 11.8. The summed E-state index contributed by atoms with van der Waals surface area (Å²) in [6.45, 7) is 1.42. The molecule has 0 unspecified atom stereocenters. The minimum absolute atomic E-state index is 0.140. The lowest BCUT2D eigenvalue weighted by atomic mass is 10.4. The minimum atomic E-state index is -0.140. The maximum Gasteiger partial charge on any atom is 0.282 e. The molecule has 0 atom stereocenters. The Hall–Kier alpha value is -1.54. The Bertz CT molecular complexity index is 599. The summed E-state index contributed by atoms with van der Waals surface area (Å²) in [5.41, 5.74) is 0. The first-order chi connectivity index (χ1) is 9.15. The van der Waals surface area contributed by atoms with Gasteiger partial charge in [0.05, 0.1) is 0 Å². The first-order valence-electron chi connectivity index (χ1n) is 6.30. The van der Waals surface area contributed by atoms with Crippen molar-refractivity contribution in [2.24, 2.45) is 0 Å². The van der Waals surface area contributed by atoms with E-state index in [0.717, 1.165) is 25.2 Å². The van der Waals surface area contributed by atoms with Crippen molar-refractivity contribution in [1.82, 2.24) is 30.0 Å². The molecule has 0 saturated heterocycles. The zero-order valence-electron chi connectivity index (χ0n) is 11.0. The van der Waals surface area contributed by atoms with Crippen LogP contribution in [-0.4, -0.2) is 57.8 Å². The molecule has 8 heteroatoms. The van der Waals surface area contributed by atoms with E-state index in [0.29, 0.717) is 22.4 Å². The van der Waals surface area contributed by atoms with E-state index >= 15 is 0 Å². The van der Waals surface area contributed by atoms with Crippen LogP contribution in [-0.2, 0) is 0 Å². The lowest BCUT2D eigenvalue weighted by molar-refractivity contribution is 0.0949. The fourth-order valence-electron chi connectivity index (χ4n) is 1.79. The van der Waals surface area contributed by atoms with Gasteiger partial charge in [-0.2, -0.15) is 4.52 Å². The summed E-state index contributed by atoms with van der Waals surface area (Å²) in [6, 6.07) is 0. The summed E-state index contributed by atoms with van der Waals surface area (Å²) in [5, 5.41) is 15.8. The van der Waals surface area contributed by atoms with Gasteiger partial charge in [-0.15, -0.1) is 15.3 Å². The van der Waals surface area contributed by atoms with Crippen molar-refractivity contribution in [2.75, 3.05) is 27.2 Å². The van der Waals surface area contributed by atoms with Crippen molar-refractivity contribution in [3.63, 3.8) is 0 Å².